The van der Waals surface area contributed by atoms with Gasteiger partial charge < -0.3 is 19.7 Å². The Hall–Kier alpha value is -1.37. The van der Waals surface area contributed by atoms with E-state index in [9.17, 15) is 14.0 Å². The smallest absolute Gasteiger partial charge is 0.410 e. The molecule has 7 heteroatoms. The van der Waals surface area contributed by atoms with Gasteiger partial charge in [0.2, 0.25) is 0 Å². The van der Waals surface area contributed by atoms with E-state index in [0.717, 1.165) is 0 Å². The van der Waals surface area contributed by atoms with E-state index in [1.165, 1.54) is 4.90 Å². The molecule has 1 rings (SSSR count). The van der Waals surface area contributed by atoms with Crippen LogP contribution in [0.2, 0.25) is 0 Å². The molecule has 1 aliphatic rings. The largest absolute Gasteiger partial charge is 0.465 e. The van der Waals surface area contributed by atoms with Crippen LogP contribution in [-0.2, 0) is 14.3 Å². The van der Waals surface area contributed by atoms with Crippen LogP contribution in [0.15, 0.2) is 0 Å². The summed E-state index contributed by atoms with van der Waals surface area (Å²) in [5.41, 5.74) is -0.595. The maximum absolute atomic E-state index is 14.1. The molecule has 0 aromatic heterocycles. The Morgan fingerprint density at radius 2 is 2.05 bits per heavy atom. The van der Waals surface area contributed by atoms with E-state index in [2.05, 4.69) is 5.32 Å². The summed E-state index contributed by atoms with van der Waals surface area (Å²) in [5.74, 6) is -0.403. The summed E-state index contributed by atoms with van der Waals surface area (Å²) in [5, 5.41) is 2.84. The topological polar surface area (TPSA) is 67.9 Å². The van der Waals surface area contributed by atoms with Crippen LogP contribution in [0.3, 0.4) is 0 Å². The number of nitrogens with zero attached hydrogens (tertiary/aromatic N) is 1. The number of carbonyl (C=O) groups excluding carboxylic acids is 2. The first-order valence-electron chi connectivity index (χ1n) is 7.24. The maximum atomic E-state index is 14.1. The normalized spacial score (nSPS) is 22.8. The van der Waals surface area contributed by atoms with Crippen LogP contribution in [0.5, 0.6) is 0 Å². The summed E-state index contributed by atoms with van der Waals surface area (Å²) in [4.78, 5) is 24.4. The van der Waals surface area contributed by atoms with Gasteiger partial charge in [-0.1, -0.05) is 0 Å². The number of esters is 1. The molecule has 0 aromatic rings. The van der Waals surface area contributed by atoms with Gasteiger partial charge in [0.1, 0.15) is 11.8 Å². The third kappa shape index (κ3) is 6.29. The van der Waals surface area contributed by atoms with Crippen molar-refractivity contribution in [1.29, 1.82) is 0 Å². The molecule has 0 radical (unpaired) electrons. The van der Waals surface area contributed by atoms with E-state index >= 15 is 0 Å². The Morgan fingerprint density at radius 3 is 2.57 bits per heavy atom. The van der Waals surface area contributed by atoms with Crippen molar-refractivity contribution in [2.45, 2.75) is 51.9 Å². The number of halogens is 1. The van der Waals surface area contributed by atoms with E-state index in [4.69, 9.17) is 9.47 Å². The standard InChI is InChI=1S/C14H25FN2O4/c1-5-20-12(18)8-16-11-6-7-17(9-10(11)15)13(19)21-14(2,3)4/h10-11,16H,5-9H2,1-4H3. The molecule has 2 atom stereocenters. The van der Waals surface area contributed by atoms with E-state index in [0.29, 0.717) is 19.6 Å². The highest BCUT2D eigenvalue weighted by molar-refractivity contribution is 5.71. The SMILES string of the molecule is CCOC(=O)CNC1CCN(C(=O)OC(C)(C)C)CC1F. The van der Waals surface area contributed by atoms with Gasteiger partial charge in [-0.3, -0.25) is 4.79 Å². The number of alkyl halides is 1. The zero-order valence-corrected chi connectivity index (χ0v) is 13.1. The van der Waals surface area contributed by atoms with Crippen molar-refractivity contribution in [1.82, 2.24) is 10.2 Å². The summed E-state index contributed by atoms with van der Waals surface area (Å²) in [6.45, 7) is 7.67. The van der Waals surface area contributed by atoms with E-state index in [-0.39, 0.29) is 13.1 Å². The number of carbonyl (C=O) groups is 2. The predicted octanol–water partition coefficient (Wildman–Crippen LogP) is 1.49. The Morgan fingerprint density at radius 1 is 1.38 bits per heavy atom. The first-order valence-corrected chi connectivity index (χ1v) is 7.24. The molecule has 1 heterocycles. The van der Waals surface area contributed by atoms with Crippen LogP contribution in [0, 0.1) is 0 Å². The highest BCUT2D eigenvalue weighted by atomic mass is 19.1. The van der Waals surface area contributed by atoms with E-state index in [1.807, 2.05) is 0 Å². The summed E-state index contributed by atoms with van der Waals surface area (Å²) in [7, 11) is 0. The van der Waals surface area contributed by atoms with Crippen LogP contribution in [0.4, 0.5) is 9.18 Å². The number of ether oxygens (including phenoxy) is 2. The van der Waals surface area contributed by atoms with Gasteiger partial charge in [-0.15, -0.1) is 0 Å². The molecule has 0 aromatic carbocycles. The average molecular weight is 304 g/mol. The highest BCUT2D eigenvalue weighted by Gasteiger charge is 2.33. The zero-order chi connectivity index (χ0) is 16.0. The lowest BCUT2D eigenvalue weighted by Gasteiger charge is -2.35. The number of piperidine rings is 1. The van der Waals surface area contributed by atoms with E-state index in [1.54, 1.807) is 27.7 Å². The molecular weight excluding hydrogens is 279 g/mol. The summed E-state index contributed by atoms with van der Waals surface area (Å²) >= 11 is 0. The van der Waals surface area contributed by atoms with Crippen molar-refractivity contribution in [3.8, 4) is 0 Å². The van der Waals surface area contributed by atoms with Crippen LogP contribution in [0.1, 0.15) is 34.1 Å². The monoisotopic (exact) mass is 304 g/mol. The molecule has 122 valence electrons. The quantitative estimate of drug-likeness (QED) is 0.797. The van der Waals surface area contributed by atoms with Gasteiger partial charge in [-0.2, -0.15) is 0 Å². The van der Waals surface area contributed by atoms with Gasteiger partial charge in [-0.25, -0.2) is 9.18 Å². The second-order valence-corrected chi connectivity index (χ2v) is 6.02. The van der Waals surface area contributed by atoms with Crippen molar-refractivity contribution < 1.29 is 23.5 Å². The average Bonchev–Trinajstić information content (AvgIpc) is 2.35. The number of likely N-dealkylation sites (tertiary alicyclic amines) is 1. The Balaban J connectivity index is 2.40. The van der Waals surface area contributed by atoms with Gasteiger partial charge >= 0.3 is 12.1 Å². The maximum Gasteiger partial charge on any atom is 0.410 e. The fourth-order valence-electron chi connectivity index (χ4n) is 2.05. The molecule has 0 bridgehead atoms. The first kappa shape index (κ1) is 17.7. The number of rotatable bonds is 4. The summed E-state index contributed by atoms with van der Waals surface area (Å²) < 4.78 is 24.1. The molecule has 1 fully saturated rings. The van der Waals surface area contributed by atoms with Gasteiger partial charge in [0.05, 0.1) is 19.7 Å². The molecule has 1 saturated heterocycles. The number of amides is 1. The summed E-state index contributed by atoms with van der Waals surface area (Å²) in [6, 6.07) is -0.451. The Bertz CT molecular complexity index is 370. The molecular formula is C14H25FN2O4. The third-order valence-corrected chi connectivity index (χ3v) is 3.01. The van der Waals surface area contributed by atoms with Gasteiger partial charge in [0.15, 0.2) is 0 Å². The molecule has 21 heavy (non-hydrogen) atoms. The van der Waals surface area contributed by atoms with Crippen LogP contribution in [0.25, 0.3) is 0 Å². The molecule has 1 N–H and O–H groups in total. The minimum Gasteiger partial charge on any atom is -0.465 e. The molecule has 1 aliphatic heterocycles. The fourth-order valence-corrected chi connectivity index (χ4v) is 2.05. The summed E-state index contributed by atoms with van der Waals surface area (Å²) in [6.07, 6.45) is -1.31. The van der Waals surface area contributed by atoms with Crippen LogP contribution in [-0.4, -0.2) is 61.0 Å². The van der Waals surface area contributed by atoms with Crippen LogP contribution < -0.4 is 5.32 Å². The molecule has 6 nitrogen and oxygen atoms in total. The number of nitrogens with one attached hydrogen (secondary N) is 1. The van der Waals surface area contributed by atoms with Crippen LogP contribution >= 0.6 is 0 Å². The lowest BCUT2D eigenvalue weighted by atomic mass is 10.0. The Kier molecular flexibility index (Phi) is 6.39. The first-order chi connectivity index (χ1) is 9.73. The van der Waals surface area contributed by atoms with Crippen molar-refractivity contribution in [2.75, 3.05) is 26.2 Å². The lowest BCUT2D eigenvalue weighted by molar-refractivity contribution is -0.142. The minimum absolute atomic E-state index is 0.0225. The third-order valence-electron chi connectivity index (χ3n) is 3.01. The second-order valence-electron chi connectivity index (χ2n) is 6.02. The fraction of sp³-hybridized carbons (Fsp3) is 0.857. The molecule has 0 spiro atoms. The second kappa shape index (κ2) is 7.59. The lowest BCUT2D eigenvalue weighted by Crippen LogP contribution is -2.54. The molecule has 0 aliphatic carbocycles. The number of hydrogen-bond donors (Lipinski definition) is 1. The van der Waals surface area contributed by atoms with Crippen molar-refractivity contribution in [3.63, 3.8) is 0 Å². The molecule has 2 unspecified atom stereocenters. The predicted molar refractivity (Wildman–Crippen MR) is 75.7 cm³/mol. The van der Waals surface area contributed by atoms with Crippen molar-refractivity contribution in [3.05, 3.63) is 0 Å². The van der Waals surface area contributed by atoms with Gasteiger partial charge in [0.25, 0.3) is 0 Å². The number of hydrogen-bond acceptors (Lipinski definition) is 5. The molecule has 0 saturated carbocycles. The van der Waals surface area contributed by atoms with E-state index < -0.39 is 29.9 Å². The highest BCUT2D eigenvalue weighted by Crippen LogP contribution is 2.17. The van der Waals surface area contributed by atoms with Crippen molar-refractivity contribution in [2.24, 2.45) is 0 Å². The minimum atomic E-state index is -1.24. The van der Waals surface area contributed by atoms with Crippen molar-refractivity contribution >= 4 is 12.1 Å². The zero-order valence-electron chi connectivity index (χ0n) is 13.1. The van der Waals surface area contributed by atoms with Gasteiger partial charge in [0, 0.05) is 12.6 Å². The Labute approximate surface area is 125 Å². The van der Waals surface area contributed by atoms with Gasteiger partial charge in [-0.05, 0) is 34.1 Å². The molecule has 1 amide bonds.